The number of likely N-dealkylation sites (tertiary alicyclic amines) is 1. The Morgan fingerprint density at radius 3 is 2.65 bits per heavy atom. The van der Waals surface area contributed by atoms with Gasteiger partial charge in [-0.1, -0.05) is 19.3 Å². The summed E-state index contributed by atoms with van der Waals surface area (Å²) in [6.45, 7) is 3.98. The van der Waals surface area contributed by atoms with Gasteiger partial charge in [-0.15, -0.1) is 10.2 Å². The van der Waals surface area contributed by atoms with Crippen molar-refractivity contribution in [3.05, 3.63) is 11.6 Å². The first-order chi connectivity index (χ1) is 11.1. The van der Waals surface area contributed by atoms with Crippen LogP contribution in [0.1, 0.15) is 50.2 Å². The minimum atomic E-state index is -0.245. The Bertz CT molecular complexity index is 549. The highest BCUT2D eigenvalue weighted by atomic mass is 16.3. The van der Waals surface area contributed by atoms with E-state index in [-0.39, 0.29) is 6.10 Å². The summed E-state index contributed by atoms with van der Waals surface area (Å²) < 4.78 is 1.97. The third kappa shape index (κ3) is 4.02. The van der Waals surface area contributed by atoms with Crippen LogP contribution in [0.2, 0.25) is 0 Å². The molecule has 1 aliphatic carbocycles. The lowest BCUT2D eigenvalue weighted by molar-refractivity contribution is 0.187. The summed E-state index contributed by atoms with van der Waals surface area (Å²) in [5.74, 6) is 2.67. The Balaban J connectivity index is 1.70. The zero-order valence-electron chi connectivity index (χ0n) is 14.2. The van der Waals surface area contributed by atoms with Crippen LogP contribution in [-0.4, -0.2) is 56.0 Å². The van der Waals surface area contributed by atoms with Crippen LogP contribution in [0.25, 0.3) is 0 Å². The van der Waals surface area contributed by atoms with Crippen molar-refractivity contribution in [2.45, 2.75) is 64.1 Å². The van der Waals surface area contributed by atoms with Gasteiger partial charge in [-0.3, -0.25) is 0 Å². The van der Waals surface area contributed by atoms with Gasteiger partial charge in [0, 0.05) is 26.2 Å². The fourth-order valence-corrected chi connectivity index (χ4v) is 3.33. The molecule has 2 fully saturated rings. The molecule has 23 heavy (non-hydrogen) atoms. The van der Waals surface area contributed by atoms with Crippen LogP contribution in [0.3, 0.4) is 0 Å². The number of aryl methyl sites for hydroxylation is 1. The molecule has 1 atom stereocenters. The number of guanidine groups is 1. The quantitative estimate of drug-likeness (QED) is 0.641. The Morgan fingerprint density at radius 2 is 2.04 bits per heavy atom. The first kappa shape index (κ1) is 16.2. The van der Waals surface area contributed by atoms with Gasteiger partial charge in [0.25, 0.3) is 0 Å². The lowest BCUT2D eigenvalue weighted by atomic mass is 9.96. The zero-order chi connectivity index (χ0) is 16.2. The largest absolute Gasteiger partial charge is 0.391 e. The molecule has 0 radical (unpaired) electrons. The molecule has 1 saturated heterocycles. The molecule has 128 valence electrons. The molecule has 0 amide bonds. The van der Waals surface area contributed by atoms with E-state index in [0.717, 1.165) is 30.6 Å². The SMILES string of the molecule is Cc1nnc(CN=C(NC2CCCCC2)N2CC[C@@H](O)C2)n1C. The first-order valence-corrected chi connectivity index (χ1v) is 8.72. The number of hydrogen-bond acceptors (Lipinski definition) is 4. The fraction of sp³-hybridized carbons (Fsp3) is 0.812. The topological polar surface area (TPSA) is 78.6 Å². The molecule has 0 unspecified atom stereocenters. The number of aliphatic imine (C=N–C) groups is 1. The van der Waals surface area contributed by atoms with Crippen LogP contribution < -0.4 is 5.32 Å². The van der Waals surface area contributed by atoms with Gasteiger partial charge in [-0.2, -0.15) is 0 Å². The fourth-order valence-electron chi connectivity index (χ4n) is 3.33. The summed E-state index contributed by atoms with van der Waals surface area (Å²) in [5.41, 5.74) is 0. The summed E-state index contributed by atoms with van der Waals surface area (Å²) in [6, 6.07) is 0.501. The highest BCUT2D eigenvalue weighted by Gasteiger charge is 2.25. The molecule has 7 heteroatoms. The van der Waals surface area contributed by atoms with Gasteiger partial charge in [0.05, 0.1) is 6.10 Å². The third-order valence-electron chi connectivity index (χ3n) is 4.95. The molecule has 1 aromatic heterocycles. The van der Waals surface area contributed by atoms with E-state index < -0.39 is 0 Å². The number of rotatable bonds is 3. The highest BCUT2D eigenvalue weighted by molar-refractivity contribution is 5.80. The Labute approximate surface area is 137 Å². The molecule has 2 aliphatic rings. The van der Waals surface area contributed by atoms with Crippen molar-refractivity contribution in [1.82, 2.24) is 25.0 Å². The minimum Gasteiger partial charge on any atom is -0.391 e. The van der Waals surface area contributed by atoms with Crippen molar-refractivity contribution in [3.8, 4) is 0 Å². The Kier molecular flexibility index (Phi) is 5.15. The summed E-state index contributed by atoms with van der Waals surface area (Å²) in [6.07, 6.45) is 6.90. The van der Waals surface area contributed by atoms with Crippen molar-refractivity contribution in [2.24, 2.45) is 12.0 Å². The van der Waals surface area contributed by atoms with Gasteiger partial charge in [-0.05, 0) is 26.2 Å². The smallest absolute Gasteiger partial charge is 0.194 e. The van der Waals surface area contributed by atoms with Crippen LogP contribution in [0.15, 0.2) is 4.99 Å². The average Bonchev–Trinajstić information content (AvgIpc) is 3.12. The second-order valence-electron chi connectivity index (χ2n) is 6.73. The highest BCUT2D eigenvalue weighted by Crippen LogP contribution is 2.18. The van der Waals surface area contributed by atoms with E-state index in [4.69, 9.17) is 4.99 Å². The standard InChI is InChI=1S/C16H28N6O/c1-12-19-20-15(21(12)2)10-17-16(22-9-8-14(23)11-22)18-13-6-4-3-5-7-13/h13-14,23H,3-11H2,1-2H3,(H,17,18)/t14-/m1/s1. The summed E-state index contributed by atoms with van der Waals surface area (Å²) >= 11 is 0. The van der Waals surface area contributed by atoms with Crippen molar-refractivity contribution in [1.29, 1.82) is 0 Å². The van der Waals surface area contributed by atoms with Crippen molar-refractivity contribution < 1.29 is 5.11 Å². The van der Waals surface area contributed by atoms with Crippen LogP contribution in [-0.2, 0) is 13.6 Å². The molecule has 0 aromatic carbocycles. The van der Waals surface area contributed by atoms with Gasteiger partial charge in [0.15, 0.2) is 11.8 Å². The maximum atomic E-state index is 9.84. The normalized spacial score (nSPS) is 23.5. The van der Waals surface area contributed by atoms with Crippen molar-refractivity contribution >= 4 is 5.96 Å². The number of nitrogens with zero attached hydrogens (tertiary/aromatic N) is 5. The molecule has 1 saturated carbocycles. The summed E-state index contributed by atoms with van der Waals surface area (Å²) in [7, 11) is 1.97. The lowest BCUT2D eigenvalue weighted by Crippen LogP contribution is -2.46. The molecule has 0 spiro atoms. The third-order valence-corrected chi connectivity index (χ3v) is 4.95. The van der Waals surface area contributed by atoms with Gasteiger partial charge >= 0.3 is 0 Å². The van der Waals surface area contributed by atoms with Crippen molar-refractivity contribution in [2.75, 3.05) is 13.1 Å². The first-order valence-electron chi connectivity index (χ1n) is 8.72. The molecular formula is C16H28N6O. The monoisotopic (exact) mass is 320 g/mol. The number of nitrogens with one attached hydrogen (secondary N) is 1. The van der Waals surface area contributed by atoms with Crippen LogP contribution in [0.5, 0.6) is 0 Å². The summed E-state index contributed by atoms with van der Waals surface area (Å²) in [4.78, 5) is 6.94. The molecule has 2 heterocycles. The Hall–Kier alpha value is -1.63. The van der Waals surface area contributed by atoms with Gasteiger partial charge < -0.3 is 19.9 Å². The van der Waals surface area contributed by atoms with E-state index in [9.17, 15) is 5.11 Å². The molecule has 2 N–H and O–H groups in total. The minimum absolute atomic E-state index is 0.245. The number of aliphatic hydroxyl groups excluding tert-OH is 1. The predicted molar refractivity (Wildman–Crippen MR) is 89.1 cm³/mol. The van der Waals surface area contributed by atoms with Crippen LogP contribution >= 0.6 is 0 Å². The second-order valence-corrected chi connectivity index (χ2v) is 6.73. The maximum Gasteiger partial charge on any atom is 0.194 e. The van der Waals surface area contributed by atoms with Gasteiger partial charge in [-0.25, -0.2) is 4.99 Å². The average molecular weight is 320 g/mol. The van der Waals surface area contributed by atoms with E-state index in [0.29, 0.717) is 19.1 Å². The van der Waals surface area contributed by atoms with E-state index in [1.807, 2.05) is 18.5 Å². The molecular weight excluding hydrogens is 292 g/mol. The van der Waals surface area contributed by atoms with Gasteiger partial charge in [0.2, 0.25) is 0 Å². The molecule has 0 bridgehead atoms. The predicted octanol–water partition coefficient (Wildman–Crippen LogP) is 0.968. The molecule has 7 nitrogen and oxygen atoms in total. The lowest BCUT2D eigenvalue weighted by Gasteiger charge is -2.29. The molecule has 3 rings (SSSR count). The van der Waals surface area contributed by atoms with E-state index in [2.05, 4.69) is 20.4 Å². The Morgan fingerprint density at radius 1 is 1.26 bits per heavy atom. The number of aromatic nitrogens is 3. The molecule has 1 aliphatic heterocycles. The van der Waals surface area contributed by atoms with E-state index in [1.54, 1.807) is 0 Å². The molecule has 1 aromatic rings. The second kappa shape index (κ2) is 7.29. The maximum absolute atomic E-state index is 9.84. The van der Waals surface area contributed by atoms with E-state index >= 15 is 0 Å². The van der Waals surface area contributed by atoms with Gasteiger partial charge in [0.1, 0.15) is 12.4 Å². The number of β-amino-alcohol motifs (C(OH)–C–C–N with tert-alkyl or cyclic N) is 1. The van der Waals surface area contributed by atoms with Crippen molar-refractivity contribution in [3.63, 3.8) is 0 Å². The van der Waals surface area contributed by atoms with E-state index in [1.165, 1.54) is 32.1 Å². The number of hydrogen-bond donors (Lipinski definition) is 2. The van der Waals surface area contributed by atoms with Crippen LogP contribution in [0.4, 0.5) is 0 Å². The zero-order valence-corrected chi connectivity index (χ0v) is 14.2. The van der Waals surface area contributed by atoms with Crippen LogP contribution in [0, 0.1) is 6.92 Å². The summed E-state index contributed by atoms with van der Waals surface area (Å²) in [5, 5.41) is 21.7. The number of aliphatic hydroxyl groups is 1.